The average molecular weight is 550 g/mol. The maximum Gasteiger partial charge on any atom is 0.143 e. The first-order valence-electron chi connectivity index (χ1n) is 17.9. The molecule has 1 N–H and O–H groups in total. The zero-order chi connectivity index (χ0) is 28.7. The number of hydrogen-bond acceptors (Lipinski definition) is 3. The number of carbonyl (C=O) groups excluding carboxylic acids is 2. The van der Waals surface area contributed by atoms with E-state index in [1.54, 1.807) is 0 Å². The number of rotatable bonds is 33. The van der Waals surface area contributed by atoms with E-state index in [-0.39, 0.29) is 17.5 Å². The quantitative estimate of drug-likeness (QED) is 0.0654. The molecule has 0 aromatic rings. The first-order valence-corrected chi connectivity index (χ1v) is 17.9. The normalized spacial score (nSPS) is 11.5. The Hall–Kier alpha value is -0.700. The average Bonchev–Trinajstić information content (AvgIpc) is 2.94. The van der Waals surface area contributed by atoms with Gasteiger partial charge in [0, 0.05) is 12.8 Å². The first kappa shape index (κ1) is 38.3. The summed E-state index contributed by atoms with van der Waals surface area (Å²) in [4.78, 5) is 25.8. The van der Waals surface area contributed by atoms with Crippen LogP contribution in [0.25, 0.3) is 0 Å². The Morgan fingerprint density at radius 2 is 0.692 bits per heavy atom. The first-order chi connectivity index (χ1) is 19.2. The molecular formula is C36H71NO2. The molecule has 0 unspecified atom stereocenters. The largest absolute Gasteiger partial charge is 0.320 e. The van der Waals surface area contributed by atoms with Crippen molar-refractivity contribution in [3.05, 3.63) is 0 Å². The van der Waals surface area contributed by atoms with Gasteiger partial charge in [0.2, 0.25) is 0 Å². The molecule has 0 fully saturated rings. The third-order valence-electron chi connectivity index (χ3n) is 8.51. The van der Waals surface area contributed by atoms with Crippen molar-refractivity contribution in [2.75, 3.05) is 13.6 Å². The van der Waals surface area contributed by atoms with Crippen LogP contribution in [0.1, 0.15) is 200 Å². The summed E-state index contributed by atoms with van der Waals surface area (Å²) in [6.45, 7) is 5.30. The van der Waals surface area contributed by atoms with Crippen LogP contribution in [-0.4, -0.2) is 25.2 Å². The van der Waals surface area contributed by atoms with Gasteiger partial charge >= 0.3 is 0 Å². The van der Waals surface area contributed by atoms with Crippen LogP contribution in [0.5, 0.6) is 0 Å². The van der Waals surface area contributed by atoms with Crippen molar-refractivity contribution >= 4 is 11.6 Å². The minimum absolute atomic E-state index is 0.202. The highest BCUT2D eigenvalue weighted by molar-refractivity contribution is 6.02. The van der Waals surface area contributed by atoms with Crippen molar-refractivity contribution in [2.24, 2.45) is 5.92 Å². The molecule has 0 aliphatic rings. The van der Waals surface area contributed by atoms with Crippen LogP contribution in [-0.2, 0) is 9.59 Å². The third-order valence-corrected chi connectivity index (χ3v) is 8.51. The fourth-order valence-corrected chi connectivity index (χ4v) is 5.77. The summed E-state index contributed by atoms with van der Waals surface area (Å²) in [7, 11) is 1.91. The fraction of sp³-hybridized carbons (Fsp3) is 0.944. The Morgan fingerprint density at radius 1 is 0.436 bits per heavy atom. The number of hydrogen-bond donors (Lipinski definition) is 1. The zero-order valence-corrected chi connectivity index (χ0v) is 27.1. The lowest BCUT2D eigenvalue weighted by molar-refractivity contribution is -0.133. The van der Waals surface area contributed by atoms with Gasteiger partial charge in [-0.15, -0.1) is 0 Å². The topological polar surface area (TPSA) is 46.2 Å². The van der Waals surface area contributed by atoms with Crippen LogP contribution in [0.3, 0.4) is 0 Å². The molecule has 0 aromatic heterocycles. The van der Waals surface area contributed by atoms with E-state index in [1.807, 2.05) is 7.05 Å². The van der Waals surface area contributed by atoms with Gasteiger partial charge in [-0.25, -0.2) is 0 Å². The smallest absolute Gasteiger partial charge is 0.143 e. The van der Waals surface area contributed by atoms with E-state index in [4.69, 9.17) is 0 Å². The highest BCUT2D eigenvalue weighted by Gasteiger charge is 2.24. The van der Waals surface area contributed by atoms with Gasteiger partial charge in [0.1, 0.15) is 11.6 Å². The molecule has 0 rings (SSSR count). The van der Waals surface area contributed by atoms with Gasteiger partial charge in [-0.2, -0.15) is 0 Å². The van der Waals surface area contributed by atoms with E-state index in [1.165, 1.54) is 141 Å². The summed E-state index contributed by atoms with van der Waals surface area (Å²) in [5.41, 5.74) is 0. The summed E-state index contributed by atoms with van der Waals surface area (Å²) < 4.78 is 0. The Balaban J connectivity index is 3.79. The molecule has 0 aromatic carbocycles. The van der Waals surface area contributed by atoms with Crippen LogP contribution in [0.15, 0.2) is 0 Å². The van der Waals surface area contributed by atoms with Crippen molar-refractivity contribution in [2.45, 2.75) is 200 Å². The van der Waals surface area contributed by atoms with Gasteiger partial charge in [0.25, 0.3) is 0 Å². The molecule has 0 saturated heterocycles. The molecule has 232 valence electrons. The summed E-state index contributed by atoms with van der Waals surface area (Å²) in [5, 5.41) is 3.14. The van der Waals surface area contributed by atoms with Crippen LogP contribution in [0, 0.1) is 5.92 Å². The second-order valence-corrected chi connectivity index (χ2v) is 12.4. The lowest BCUT2D eigenvalue weighted by atomic mass is 9.89. The van der Waals surface area contributed by atoms with E-state index in [2.05, 4.69) is 19.2 Å². The van der Waals surface area contributed by atoms with Gasteiger partial charge < -0.3 is 5.32 Å². The van der Waals surface area contributed by atoms with Gasteiger partial charge in [0.05, 0.1) is 5.92 Å². The van der Waals surface area contributed by atoms with E-state index < -0.39 is 0 Å². The maximum atomic E-state index is 12.9. The highest BCUT2D eigenvalue weighted by atomic mass is 16.1. The minimum atomic E-state index is -0.368. The molecule has 0 aliphatic heterocycles. The summed E-state index contributed by atoms with van der Waals surface area (Å²) >= 11 is 0. The van der Waals surface area contributed by atoms with Crippen molar-refractivity contribution < 1.29 is 9.59 Å². The molecule has 3 nitrogen and oxygen atoms in total. The van der Waals surface area contributed by atoms with E-state index in [9.17, 15) is 9.59 Å². The summed E-state index contributed by atoms with van der Waals surface area (Å²) in [6, 6.07) is 0. The molecule has 0 bridgehead atoms. The molecule has 0 radical (unpaired) electrons. The number of carbonyl (C=O) groups is 2. The Morgan fingerprint density at radius 3 is 0.949 bits per heavy atom. The lowest BCUT2D eigenvalue weighted by Gasteiger charge is -2.15. The van der Waals surface area contributed by atoms with E-state index in [0.29, 0.717) is 19.3 Å². The van der Waals surface area contributed by atoms with Crippen LogP contribution in [0.2, 0.25) is 0 Å². The Kier molecular flexibility index (Phi) is 31.3. The minimum Gasteiger partial charge on any atom is -0.320 e. The molecule has 0 spiro atoms. The van der Waals surface area contributed by atoms with Gasteiger partial charge in [-0.1, -0.05) is 168 Å². The summed E-state index contributed by atoms with van der Waals surface area (Å²) in [6.07, 6.45) is 36.0. The lowest BCUT2D eigenvalue weighted by Crippen LogP contribution is -2.27. The van der Waals surface area contributed by atoms with Crippen molar-refractivity contribution in [3.8, 4) is 0 Å². The molecule has 0 atom stereocenters. The van der Waals surface area contributed by atoms with E-state index >= 15 is 0 Å². The second-order valence-electron chi connectivity index (χ2n) is 12.4. The third kappa shape index (κ3) is 27.2. The van der Waals surface area contributed by atoms with Crippen LogP contribution >= 0.6 is 0 Å². The fourth-order valence-electron chi connectivity index (χ4n) is 5.77. The molecule has 0 heterocycles. The standard InChI is InChI=1S/C36H71NO2/c1-4-6-8-10-12-14-16-18-20-22-24-26-28-30-35(38)34(32-33-37-3)36(39)31-29-27-25-23-21-19-17-15-13-11-9-7-5-2/h34,37H,4-33H2,1-3H3. The molecule has 0 aliphatic carbocycles. The maximum absolute atomic E-state index is 12.9. The van der Waals surface area contributed by atoms with Gasteiger partial charge in [-0.05, 0) is 32.9 Å². The Bertz CT molecular complexity index is 476. The van der Waals surface area contributed by atoms with Crippen LogP contribution in [0.4, 0.5) is 0 Å². The second kappa shape index (κ2) is 31.8. The highest BCUT2D eigenvalue weighted by Crippen LogP contribution is 2.18. The van der Waals surface area contributed by atoms with Crippen molar-refractivity contribution in [1.82, 2.24) is 5.32 Å². The van der Waals surface area contributed by atoms with Gasteiger partial charge in [0.15, 0.2) is 0 Å². The van der Waals surface area contributed by atoms with Crippen LogP contribution < -0.4 is 5.32 Å². The number of unbranched alkanes of at least 4 members (excludes halogenated alkanes) is 24. The van der Waals surface area contributed by atoms with Crippen molar-refractivity contribution in [1.29, 1.82) is 0 Å². The Labute approximate surface area is 245 Å². The summed E-state index contributed by atoms with van der Waals surface area (Å²) in [5.74, 6) is 0.0353. The molecule has 3 heteroatoms. The van der Waals surface area contributed by atoms with Crippen molar-refractivity contribution in [3.63, 3.8) is 0 Å². The van der Waals surface area contributed by atoms with E-state index in [0.717, 1.165) is 32.2 Å². The molecule has 39 heavy (non-hydrogen) atoms. The zero-order valence-electron chi connectivity index (χ0n) is 27.1. The predicted octanol–water partition coefficient (Wildman–Crippen LogP) is 11.3. The number of Topliss-reactive ketones (excluding diaryl/α,β-unsaturated/α-hetero) is 2. The number of ketones is 2. The SMILES string of the molecule is CCCCCCCCCCCCCCCC(=O)C(CCNC)C(=O)CCCCCCCCCCCCCCC. The monoisotopic (exact) mass is 550 g/mol. The molecule has 0 amide bonds. The molecule has 0 saturated carbocycles. The number of nitrogens with one attached hydrogen (secondary N) is 1. The van der Waals surface area contributed by atoms with Gasteiger partial charge in [-0.3, -0.25) is 9.59 Å². The predicted molar refractivity (Wildman–Crippen MR) is 173 cm³/mol. The molecular weight excluding hydrogens is 478 g/mol.